The highest BCUT2D eigenvalue weighted by Crippen LogP contribution is 2.45. The highest BCUT2D eigenvalue weighted by atomic mass is 16.3. The maximum Gasteiger partial charge on any atom is 0.243 e. The summed E-state index contributed by atoms with van der Waals surface area (Å²) in [6.45, 7) is 4.13. The minimum Gasteiger partial charge on any atom is -0.386 e. The van der Waals surface area contributed by atoms with Gasteiger partial charge in [-0.15, -0.1) is 0 Å². The van der Waals surface area contributed by atoms with E-state index in [1.807, 2.05) is 4.90 Å². The minimum atomic E-state index is -0.552. The average molecular weight is 238 g/mol. The van der Waals surface area contributed by atoms with Crippen molar-refractivity contribution in [2.75, 3.05) is 19.6 Å². The summed E-state index contributed by atoms with van der Waals surface area (Å²) in [5, 5.41) is 13.6. The number of hydrogen-bond donors (Lipinski definition) is 2. The highest BCUT2D eigenvalue weighted by Gasteiger charge is 2.56. The standard InChI is InChI=1S/C13H22N2O2/c1-2-12(6-3-7-14-12)11(16)15-8-13(17,9-15)10-4-5-10/h10,14,17H,2-9H2,1H3. The first kappa shape index (κ1) is 11.5. The van der Waals surface area contributed by atoms with Crippen molar-refractivity contribution in [2.24, 2.45) is 5.92 Å². The fraction of sp³-hybridized carbons (Fsp3) is 0.923. The molecule has 2 N–H and O–H groups in total. The number of nitrogens with one attached hydrogen (secondary N) is 1. The molecule has 4 heteroatoms. The van der Waals surface area contributed by atoms with Crippen LogP contribution in [0.2, 0.25) is 0 Å². The molecule has 0 spiro atoms. The fourth-order valence-corrected chi connectivity index (χ4v) is 3.38. The number of hydrogen-bond acceptors (Lipinski definition) is 3. The smallest absolute Gasteiger partial charge is 0.243 e. The first-order chi connectivity index (χ1) is 8.10. The minimum absolute atomic E-state index is 0.211. The monoisotopic (exact) mass is 238 g/mol. The molecule has 3 fully saturated rings. The Morgan fingerprint density at radius 3 is 2.65 bits per heavy atom. The van der Waals surface area contributed by atoms with Gasteiger partial charge in [-0.25, -0.2) is 0 Å². The van der Waals surface area contributed by atoms with Crippen LogP contribution in [0.5, 0.6) is 0 Å². The van der Waals surface area contributed by atoms with E-state index in [-0.39, 0.29) is 11.4 Å². The second kappa shape index (κ2) is 3.69. The molecular weight excluding hydrogens is 216 g/mol. The molecule has 0 aromatic heterocycles. The van der Waals surface area contributed by atoms with Crippen molar-refractivity contribution >= 4 is 5.91 Å². The largest absolute Gasteiger partial charge is 0.386 e. The van der Waals surface area contributed by atoms with Gasteiger partial charge < -0.3 is 15.3 Å². The quantitative estimate of drug-likeness (QED) is 0.753. The van der Waals surface area contributed by atoms with E-state index < -0.39 is 5.60 Å². The van der Waals surface area contributed by atoms with Crippen molar-refractivity contribution in [1.82, 2.24) is 10.2 Å². The van der Waals surface area contributed by atoms with E-state index in [0.29, 0.717) is 19.0 Å². The lowest BCUT2D eigenvalue weighted by Gasteiger charge is -2.49. The zero-order valence-corrected chi connectivity index (χ0v) is 10.5. The average Bonchev–Trinajstić information content (AvgIpc) is 3.03. The third-order valence-corrected chi connectivity index (χ3v) is 4.81. The zero-order chi connectivity index (χ0) is 12.1. The van der Waals surface area contributed by atoms with Crippen molar-refractivity contribution in [1.29, 1.82) is 0 Å². The summed E-state index contributed by atoms with van der Waals surface area (Å²) in [6.07, 6.45) is 5.15. The second-order valence-electron chi connectivity index (χ2n) is 6.01. The van der Waals surface area contributed by atoms with Crippen LogP contribution in [0.25, 0.3) is 0 Å². The van der Waals surface area contributed by atoms with Gasteiger partial charge in [-0.1, -0.05) is 6.92 Å². The van der Waals surface area contributed by atoms with Crippen LogP contribution >= 0.6 is 0 Å². The Balaban J connectivity index is 1.64. The van der Waals surface area contributed by atoms with Gasteiger partial charge in [0.25, 0.3) is 0 Å². The molecule has 1 atom stereocenters. The molecule has 1 amide bonds. The van der Waals surface area contributed by atoms with Gasteiger partial charge in [-0.3, -0.25) is 4.79 Å². The Morgan fingerprint density at radius 2 is 2.18 bits per heavy atom. The van der Waals surface area contributed by atoms with Gasteiger partial charge >= 0.3 is 0 Å². The van der Waals surface area contributed by atoms with Gasteiger partial charge in [0.2, 0.25) is 5.91 Å². The summed E-state index contributed by atoms with van der Waals surface area (Å²) < 4.78 is 0. The van der Waals surface area contributed by atoms with Crippen LogP contribution in [-0.4, -0.2) is 46.7 Å². The Morgan fingerprint density at radius 1 is 1.47 bits per heavy atom. The van der Waals surface area contributed by atoms with Crippen LogP contribution in [0.1, 0.15) is 39.0 Å². The predicted octanol–water partition coefficient (Wildman–Crippen LogP) is 0.502. The number of carbonyl (C=O) groups excluding carboxylic acids is 1. The van der Waals surface area contributed by atoms with Crippen molar-refractivity contribution in [2.45, 2.75) is 50.2 Å². The zero-order valence-electron chi connectivity index (χ0n) is 10.5. The fourth-order valence-electron chi connectivity index (χ4n) is 3.38. The third kappa shape index (κ3) is 1.69. The van der Waals surface area contributed by atoms with Crippen LogP contribution in [-0.2, 0) is 4.79 Å². The second-order valence-corrected chi connectivity index (χ2v) is 6.01. The maximum absolute atomic E-state index is 12.5. The SMILES string of the molecule is CCC1(C(=O)N2CC(O)(C3CC3)C2)CCCN1. The van der Waals surface area contributed by atoms with Crippen molar-refractivity contribution in [3.05, 3.63) is 0 Å². The molecule has 2 heterocycles. The molecule has 3 aliphatic rings. The molecule has 2 aliphatic heterocycles. The molecule has 1 saturated carbocycles. The number of β-amino-alcohol motifs (C(OH)–C–C–N with tert-alkyl or cyclic N) is 1. The van der Waals surface area contributed by atoms with E-state index in [2.05, 4.69) is 12.2 Å². The summed E-state index contributed by atoms with van der Waals surface area (Å²) in [7, 11) is 0. The molecular formula is C13H22N2O2. The Hall–Kier alpha value is -0.610. The maximum atomic E-state index is 12.5. The van der Waals surface area contributed by atoms with Gasteiger partial charge in [0, 0.05) is 0 Å². The van der Waals surface area contributed by atoms with Gasteiger partial charge in [-0.2, -0.15) is 0 Å². The number of nitrogens with zero attached hydrogens (tertiary/aromatic N) is 1. The third-order valence-electron chi connectivity index (χ3n) is 4.81. The lowest BCUT2D eigenvalue weighted by atomic mass is 9.84. The summed E-state index contributed by atoms with van der Waals surface area (Å²) in [4.78, 5) is 14.3. The number of amides is 1. The van der Waals surface area contributed by atoms with Crippen LogP contribution in [0.15, 0.2) is 0 Å². The highest BCUT2D eigenvalue weighted by molar-refractivity contribution is 5.87. The topological polar surface area (TPSA) is 52.6 Å². The van der Waals surface area contributed by atoms with Gasteiger partial charge in [0.05, 0.1) is 18.6 Å². The van der Waals surface area contributed by atoms with E-state index in [0.717, 1.165) is 38.6 Å². The number of carbonyl (C=O) groups is 1. The number of aliphatic hydroxyl groups is 1. The van der Waals surface area contributed by atoms with Crippen LogP contribution in [0.4, 0.5) is 0 Å². The molecule has 1 unspecified atom stereocenters. The van der Waals surface area contributed by atoms with E-state index in [9.17, 15) is 9.90 Å². The first-order valence-corrected chi connectivity index (χ1v) is 6.86. The van der Waals surface area contributed by atoms with Crippen molar-refractivity contribution in [3.63, 3.8) is 0 Å². The van der Waals surface area contributed by atoms with Crippen molar-refractivity contribution in [3.8, 4) is 0 Å². The Bertz CT molecular complexity index is 326. The lowest BCUT2D eigenvalue weighted by Crippen LogP contribution is -2.69. The van der Waals surface area contributed by atoms with Crippen LogP contribution in [0.3, 0.4) is 0 Å². The lowest BCUT2D eigenvalue weighted by molar-refractivity contribution is -0.165. The molecule has 2 saturated heterocycles. The van der Waals surface area contributed by atoms with E-state index in [1.54, 1.807) is 0 Å². The molecule has 1 aliphatic carbocycles. The summed E-state index contributed by atoms with van der Waals surface area (Å²) in [5.41, 5.74) is -0.881. The molecule has 0 radical (unpaired) electrons. The summed E-state index contributed by atoms with van der Waals surface area (Å²) >= 11 is 0. The first-order valence-electron chi connectivity index (χ1n) is 6.86. The number of likely N-dealkylation sites (tertiary alicyclic amines) is 1. The molecule has 17 heavy (non-hydrogen) atoms. The van der Waals surface area contributed by atoms with Gasteiger partial charge in [-0.05, 0) is 44.6 Å². The summed E-state index contributed by atoms with van der Waals surface area (Å²) in [6, 6.07) is 0. The molecule has 4 nitrogen and oxygen atoms in total. The van der Waals surface area contributed by atoms with E-state index >= 15 is 0 Å². The van der Waals surface area contributed by atoms with Crippen LogP contribution in [0, 0.1) is 5.92 Å². The van der Waals surface area contributed by atoms with Gasteiger partial charge in [0.1, 0.15) is 5.60 Å². The van der Waals surface area contributed by atoms with Gasteiger partial charge in [0.15, 0.2) is 0 Å². The molecule has 0 aromatic carbocycles. The van der Waals surface area contributed by atoms with E-state index in [1.165, 1.54) is 0 Å². The van der Waals surface area contributed by atoms with E-state index in [4.69, 9.17) is 0 Å². The van der Waals surface area contributed by atoms with Crippen LogP contribution < -0.4 is 5.32 Å². The number of rotatable bonds is 3. The molecule has 3 rings (SSSR count). The molecule has 0 aromatic rings. The van der Waals surface area contributed by atoms with Crippen molar-refractivity contribution < 1.29 is 9.90 Å². The molecule has 96 valence electrons. The Kier molecular flexibility index (Phi) is 2.49. The predicted molar refractivity (Wildman–Crippen MR) is 64.5 cm³/mol. The Labute approximate surface area is 102 Å². The summed E-state index contributed by atoms with van der Waals surface area (Å²) in [5.74, 6) is 0.670. The normalized spacial score (nSPS) is 35.8. The molecule has 0 bridgehead atoms.